The summed E-state index contributed by atoms with van der Waals surface area (Å²) in [5, 5.41) is 4.81. The number of amides is 1. The van der Waals surface area contributed by atoms with Gasteiger partial charge in [-0.15, -0.1) is 11.3 Å². The van der Waals surface area contributed by atoms with Crippen molar-refractivity contribution in [2.75, 3.05) is 6.54 Å². The molecule has 2 aromatic rings. The minimum atomic E-state index is -0.653. The Bertz CT molecular complexity index is 557. The van der Waals surface area contributed by atoms with E-state index in [2.05, 4.69) is 5.32 Å². The van der Waals surface area contributed by atoms with Crippen molar-refractivity contribution in [2.24, 2.45) is 0 Å². The molecule has 1 atom stereocenters. The SMILES string of the molecule is CC(Oc1cccc(F)c1)C(=O)NCCc1cccs1. The number of carbonyl (C=O) groups excluding carboxylic acids is 1. The van der Waals surface area contributed by atoms with Crippen LogP contribution in [0, 0.1) is 5.82 Å². The maximum absolute atomic E-state index is 13.0. The van der Waals surface area contributed by atoms with Gasteiger partial charge >= 0.3 is 0 Å². The Morgan fingerprint density at radius 3 is 2.95 bits per heavy atom. The van der Waals surface area contributed by atoms with Gasteiger partial charge in [0.1, 0.15) is 11.6 Å². The quantitative estimate of drug-likeness (QED) is 0.889. The lowest BCUT2D eigenvalue weighted by atomic mass is 10.3. The van der Waals surface area contributed by atoms with E-state index in [1.54, 1.807) is 30.4 Å². The van der Waals surface area contributed by atoms with Gasteiger partial charge in [0, 0.05) is 17.5 Å². The highest BCUT2D eigenvalue weighted by molar-refractivity contribution is 7.09. The molecular formula is C15H16FNO2S. The molecule has 0 fully saturated rings. The Morgan fingerprint density at radius 1 is 1.40 bits per heavy atom. The normalized spacial score (nSPS) is 11.9. The fraction of sp³-hybridized carbons (Fsp3) is 0.267. The zero-order valence-electron chi connectivity index (χ0n) is 11.1. The molecule has 1 N–H and O–H groups in total. The van der Waals surface area contributed by atoms with Crippen LogP contribution in [0.15, 0.2) is 41.8 Å². The number of halogens is 1. The standard InChI is InChI=1S/C15H16FNO2S/c1-11(19-13-5-2-4-12(16)10-13)15(18)17-8-7-14-6-3-9-20-14/h2-6,9-11H,7-8H2,1H3,(H,17,18). The van der Waals surface area contributed by atoms with E-state index in [0.29, 0.717) is 12.3 Å². The van der Waals surface area contributed by atoms with Crippen LogP contribution in [0.1, 0.15) is 11.8 Å². The van der Waals surface area contributed by atoms with E-state index in [-0.39, 0.29) is 11.7 Å². The second-order valence-electron chi connectivity index (χ2n) is 4.34. The Hall–Kier alpha value is -1.88. The first-order chi connectivity index (χ1) is 9.65. The van der Waals surface area contributed by atoms with Crippen LogP contribution in [0.2, 0.25) is 0 Å². The molecule has 0 saturated heterocycles. The van der Waals surface area contributed by atoms with Gasteiger partial charge in [0.2, 0.25) is 0 Å². The van der Waals surface area contributed by atoms with Crippen molar-refractivity contribution in [3.05, 3.63) is 52.5 Å². The Balaban J connectivity index is 1.77. The van der Waals surface area contributed by atoms with E-state index in [9.17, 15) is 9.18 Å². The van der Waals surface area contributed by atoms with Gasteiger partial charge < -0.3 is 10.1 Å². The highest BCUT2D eigenvalue weighted by atomic mass is 32.1. The van der Waals surface area contributed by atoms with E-state index in [1.807, 2.05) is 17.5 Å². The molecule has 0 saturated carbocycles. The Labute approximate surface area is 121 Å². The lowest BCUT2D eigenvalue weighted by molar-refractivity contribution is -0.127. The lowest BCUT2D eigenvalue weighted by Crippen LogP contribution is -2.37. The summed E-state index contributed by atoms with van der Waals surface area (Å²) in [7, 11) is 0. The van der Waals surface area contributed by atoms with Gasteiger partial charge in [0.25, 0.3) is 5.91 Å². The average molecular weight is 293 g/mol. The van der Waals surface area contributed by atoms with Crippen LogP contribution in [0.5, 0.6) is 5.75 Å². The van der Waals surface area contributed by atoms with Crippen LogP contribution >= 0.6 is 11.3 Å². The Kier molecular flexibility index (Phi) is 5.12. The van der Waals surface area contributed by atoms with Crippen molar-refractivity contribution in [3.63, 3.8) is 0 Å². The largest absolute Gasteiger partial charge is 0.481 e. The van der Waals surface area contributed by atoms with Crippen LogP contribution in [-0.2, 0) is 11.2 Å². The molecule has 1 unspecified atom stereocenters. The molecule has 2 rings (SSSR count). The molecule has 1 aromatic carbocycles. The zero-order chi connectivity index (χ0) is 14.4. The first-order valence-electron chi connectivity index (χ1n) is 6.37. The molecule has 0 bridgehead atoms. The molecule has 0 aliphatic heterocycles. The van der Waals surface area contributed by atoms with Crippen LogP contribution in [-0.4, -0.2) is 18.6 Å². The summed E-state index contributed by atoms with van der Waals surface area (Å²) < 4.78 is 18.4. The number of benzene rings is 1. The maximum Gasteiger partial charge on any atom is 0.260 e. The van der Waals surface area contributed by atoms with Crippen LogP contribution in [0.3, 0.4) is 0 Å². The monoisotopic (exact) mass is 293 g/mol. The number of carbonyl (C=O) groups is 1. The number of hydrogen-bond acceptors (Lipinski definition) is 3. The van der Waals surface area contributed by atoms with Crippen molar-refractivity contribution >= 4 is 17.2 Å². The second kappa shape index (κ2) is 7.05. The fourth-order valence-electron chi connectivity index (χ4n) is 1.71. The minimum Gasteiger partial charge on any atom is -0.481 e. The van der Waals surface area contributed by atoms with Crippen molar-refractivity contribution in [1.29, 1.82) is 0 Å². The first kappa shape index (κ1) is 14.5. The van der Waals surface area contributed by atoms with Gasteiger partial charge in [0.15, 0.2) is 6.10 Å². The summed E-state index contributed by atoms with van der Waals surface area (Å²) in [4.78, 5) is 13.1. The third-order valence-electron chi connectivity index (χ3n) is 2.73. The third kappa shape index (κ3) is 4.35. The fourth-order valence-corrected chi connectivity index (χ4v) is 2.41. The smallest absolute Gasteiger partial charge is 0.260 e. The van der Waals surface area contributed by atoms with Crippen molar-refractivity contribution in [3.8, 4) is 5.75 Å². The highest BCUT2D eigenvalue weighted by Crippen LogP contribution is 2.14. The molecule has 1 heterocycles. The zero-order valence-corrected chi connectivity index (χ0v) is 12.0. The third-order valence-corrected chi connectivity index (χ3v) is 3.67. The minimum absolute atomic E-state index is 0.203. The molecular weight excluding hydrogens is 277 g/mol. The molecule has 20 heavy (non-hydrogen) atoms. The van der Waals surface area contributed by atoms with Crippen molar-refractivity contribution in [2.45, 2.75) is 19.4 Å². The number of nitrogens with one attached hydrogen (secondary N) is 1. The van der Waals surface area contributed by atoms with Gasteiger partial charge in [0.05, 0.1) is 0 Å². The second-order valence-corrected chi connectivity index (χ2v) is 5.37. The summed E-state index contributed by atoms with van der Waals surface area (Å²) >= 11 is 1.66. The molecule has 5 heteroatoms. The van der Waals surface area contributed by atoms with Crippen LogP contribution in [0.25, 0.3) is 0 Å². The summed E-state index contributed by atoms with van der Waals surface area (Å²) in [6, 6.07) is 9.78. The maximum atomic E-state index is 13.0. The molecule has 1 amide bonds. The van der Waals surface area contributed by atoms with Gasteiger partial charge in [-0.25, -0.2) is 4.39 Å². The van der Waals surface area contributed by atoms with Gasteiger partial charge in [-0.2, -0.15) is 0 Å². The van der Waals surface area contributed by atoms with E-state index in [4.69, 9.17) is 4.74 Å². The van der Waals surface area contributed by atoms with Gasteiger partial charge in [-0.3, -0.25) is 4.79 Å². The summed E-state index contributed by atoms with van der Waals surface area (Å²) in [6.45, 7) is 2.21. The van der Waals surface area contributed by atoms with E-state index in [1.165, 1.54) is 17.0 Å². The van der Waals surface area contributed by atoms with Crippen molar-refractivity contribution in [1.82, 2.24) is 5.32 Å². The predicted octanol–water partition coefficient (Wildman–Crippen LogP) is 3.01. The molecule has 0 spiro atoms. The number of thiophene rings is 1. The highest BCUT2D eigenvalue weighted by Gasteiger charge is 2.14. The molecule has 0 aliphatic carbocycles. The molecule has 1 aromatic heterocycles. The molecule has 0 radical (unpaired) electrons. The molecule has 0 aliphatic rings. The van der Waals surface area contributed by atoms with Crippen molar-refractivity contribution < 1.29 is 13.9 Å². The van der Waals surface area contributed by atoms with Crippen LogP contribution < -0.4 is 10.1 Å². The predicted molar refractivity (Wildman–Crippen MR) is 77.5 cm³/mol. The molecule has 106 valence electrons. The van der Waals surface area contributed by atoms with E-state index < -0.39 is 6.10 Å². The molecule has 3 nitrogen and oxygen atoms in total. The van der Waals surface area contributed by atoms with E-state index in [0.717, 1.165) is 6.42 Å². The Morgan fingerprint density at radius 2 is 2.25 bits per heavy atom. The average Bonchev–Trinajstić information content (AvgIpc) is 2.91. The number of ether oxygens (including phenoxy) is 1. The van der Waals surface area contributed by atoms with Gasteiger partial charge in [-0.05, 0) is 36.9 Å². The first-order valence-corrected chi connectivity index (χ1v) is 7.25. The lowest BCUT2D eigenvalue weighted by Gasteiger charge is -2.14. The topological polar surface area (TPSA) is 38.3 Å². The van der Waals surface area contributed by atoms with Gasteiger partial charge in [-0.1, -0.05) is 12.1 Å². The summed E-state index contributed by atoms with van der Waals surface area (Å²) in [5.74, 6) is -0.232. The summed E-state index contributed by atoms with van der Waals surface area (Å²) in [6.07, 6.45) is 0.149. The number of rotatable bonds is 6. The van der Waals surface area contributed by atoms with Crippen LogP contribution in [0.4, 0.5) is 4.39 Å². The summed E-state index contributed by atoms with van der Waals surface area (Å²) in [5.41, 5.74) is 0. The number of hydrogen-bond donors (Lipinski definition) is 1. The van der Waals surface area contributed by atoms with E-state index >= 15 is 0 Å².